The van der Waals surface area contributed by atoms with Gasteiger partial charge in [0.25, 0.3) is 0 Å². The fourth-order valence-corrected chi connectivity index (χ4v) is 2.14. The quantitative estimate of drug-likeness (QED) is 0.791. The molecule has 0 N–H and O–H groups in total. The Kier molecular flexibility index (Phi) is 5.55. The number of aromatic nitrogens is 2. The van der Waals surface area contributed by atoms with Gasteiger partial charge in [0.15, 0.2) is 12.4 Å². The van der Waals surface area contributed by atoms with Crippen molar-refractivity contribution < 1.29 is 9.53 Å². The van der Waals surface area contributed by atoms with Crippen molar-refractivity contribution in [2.45, 2.75) is 39.5 Å². The Bertz CT molecular complexity index is 656. The number of halogens is 1. The first-order valence-electron chi connectivity index (χ1n) is 7.32. The van der Waals surface area contributed by atoms with Crippen LogP contribution in [0.3, 0.4) is 0 Å². The van der Waals surface area contributed by atoms with E-state index in [0.717, 1.165) is 5.56 Å². The average molecular weight is 334 g/mol. The van der Waals surface area contributed by atoms with E-state index in [-0.39, 0.29) is 12.1 Å². The van der Waals surface area contributed by atoms with E-state index < -0.39 is 6.09 Å². The Morgan fingerprint density at radius 2 is 1.91 bits per heavy atom. The second-order valence-electron chi connectivity index (χ2n) is 6.09. The Hall–Kier alpha value is -2.14. The summed E-state index contributed by atoms with van der Waals surface area (Å²) in [6.07, 6.45) is 1.12. The van der Waals surface area contributed by atoms with Gasteiger partial charge in [0.2, 0.25) is 0 Å². The first-order valence-corrected chi connectivity index (χ1v) is 7.70. The van der Waals surface area contributed by atoms with Crippen molar-refractivity contribution >= 4 is 17.7 Å². The number of nitrogens with zero attached hydrogens (tertiary/aromatic N) is 3. The third-order valence-corrected chi connectivity index (χ3v) is 3.42. The lowest BCUT2D eigenvalue weighted by Crippen LogP contribution is -2.45. The third kappa shape index (κ3) is 5.21. The predicted octanol–water partition coefficient (Wildman–Crippen LogP) is 4.07. The molecule has 0 saturated carbocycles. The van der Waals surface area contributed by atoms with Crippen LogP contribution in [0.15, 0.2) is 42.6 Å². The van der Waals surface area contributed by atoms with Gasteiger partial charge >= 0.3 is 6.09 Å². The molecule has 1 heterocycles. The lowest BCUT2D eigenvalue weighted by atomic mass is 10.1. The number of hydrogen-bond acceptors (Lipinski definition) is 4. The molecule has 1 aromatic carbocycles. The van der Waals surface area contributed by atoms with Gasteiger partial charge in [0.1, 0.15) is 5.15 Å². The van der Waals surface area contributed by atoms with Crippen molar-refractivity contribution in [1.29, 1.82) is 0 Å². The summed E-state index contributed by atoms with van der Waals surface area (Å²) in [5, 5.41) is 0.322. The minimum absolute atomic E-state index is 0.0131. The second-order valence-corrected chi connectivity index (χ2v) is 6.48. The summed E-state index contributed by atoms with van der Waals surface area (Å²) in [6.45, 7) is 6.35. The SMILES string of the molecule is CC(C)(C)N(Cc1ccccc1)C(=O)OCc1nccc(Cl)n1. The molecule has 1 amide bonds. The van der Waals surface area contributed by atoms with Crippen LogP contribution in [0.25, 0.3) is 0 Å². The molecule has 0 aliphatic heterocycles. The van der Waals surface area contributed by atoms with E-state index in [1.54, 1.807) is 11.0 Å². The van der Waals surface area contributed by atoms with Gasteiger partial charge in [-0.25, -0.2) is 14.8 Å². The molecule has 0 radical (unpaired) electrons. The molecule has 122 valence electrons. The zero-order valence-corrected chi connectivity index (χ0v) is 14.2. The molecule has 0 bridgehead atoms. The molecule has 0 atom stereocenters. The molecule has 5 nitrogen and oxygen atoms in total. The van der Waals surface area contributed by atoms with Crippen molar-refractivity contribution in [3.05, 3.63) is 59.1 Å². The molecule has 0 saturated heterocycles. The molecule has 6 heteroatoms. The maximum absolute atomic E-state index is 12.5. The summed E-state index contributed by atoms with van der Waals surface area (Å²) in [5.41, 5.74) is 0.667. The molecule has 0 fully saturated rings. The lowest BCUT2D eigenvalue weighted by Gasteiger charge is -2.34. The van der Waals surface area contributed by atoms with Crippen LogP contribution in [0.2, 0.25) is 5.15 Å². The zero-order valence-electron chi connectivity index (χ0n) is 13.5. The summed E-state index contributed by atoms with van der Waals surface area (Å²) in [6, 6.07) is 11.4. The van der Waals surface area contributed by atoms with Crippen LogP contribution >= 0.6 is 11.6 Å². The molecule has 2 aromatic rings. The standard InChI is InChI=1S/C17H20ClN3O2/c1-17(2,3)21(11-13-7-5-4-6-8-13)16(22)23-12-15-19-10-9-14(18)20-15/h4-10H,11-12H2,1-3H3. The highest BCUT2D eigenvalue weighted by molar-refractivity contribution is 6.29. The Balaban J connectivity index is 2.05. The van der Waals surface area contributed by atoms with Crippen molar-refractivity contribution in [3.8, 4) is 0 Å². The Morgan fingerprint density at radius 3 is 2.52 bits per heavy atom. The number of benzene rings is 1. The van der Waals surface area contributed by atoms with E-state index in [0.29, 0.717) is 17.5 Å². The number of ether oxygens (including phenoxy) is 1. The zero-order chi connectivity index (χ0) is 16.9. The summed E-state index contributed by atoms with van der Waals surface area (Å²) in [4.78, 5) is 22.2. The summed E-state index contributed by atoms with van der Waals surface area (Å²) < 4.78 is 5.35. The number of carbonyl (C=O) groups is 1. The van der Waals surface area contributed by atoms with E-state index in [1.807, 2.05) is 51.1 Å². The number of hydrogen-bond donors (Lipinski definition) is 0. The normalized spacial score (nSPS) is 11.1. The predicted molar refractivity (Wildman–Crippen MR) is 89.0 cm³/mol. The fraction of sp³-hybridized carbons (Fsp3) is 0.353. The molecule has 0 aliphatic rings. The smallest absolute Gasteiger partial charge is 0.410 e. The number of carbonyl (C=O) groups excluding carboxylic acids is 1. The molecular weight excluding hydrogens is 314 g/mol. The van der Waals surface area contributed by atoms with E-state index in [2.05, 4.69) is 9.97 Å². The van der Waals surface area contributed by atoms with Gasteiger partial charge in [-0.3, -0.25) is 4.90 Å². The van der Waals surface area contributed by atoms with Crippen LogP contribution in [-0.4, -0.2) is 26.5 Å². The fourth-order valence-electron chi connectivity index (χ4n) is 1.99. The molecule has 23 heavy (non-hydrogen) atoms. The van der Waals surface area contributed by atoms with Gasteiger partial charge in [0.05, 0.1) is 0 Å². The minimum atomic E-state index is -0.412. The first kappa shape index (κ1) is 17.2. The van der Waals surface area contributed by atoms with E-state index >= 15 is 0 Å². The largest absolute Gasteiger partial charge is 0.441 e. The van der Waals surface area contributed by atoms with Crippen molar-refractivity contribution in [3.63, 3.8) is 0 Å². The molecule has 0 spiro atoms. The average Bonchev–Trinajstić information content (AvgIpc) is 2.50. The summed E-state index contributed by atoms with van der Waals surface area (Å²) >= 11 is 5.80. The van der Waals surface area contributed by atoms with Gasteiger partial charge in [-0.1, -0.05) is 41.9 Å². The van der Waals surface area contributed by atoms with Crippen LogP contribution in [0, 0.1) is 0 Å². The minimum Gasteiger partial charge on any atom is -0.441 e. The highest BCUT2D eigenvalue weighted by Gasteiger charge is 2.28. The molecule has 1 aromatic heterocycles. The van der Waals surface area contributed by atoms with Gasteiger partial charge in [-0.15, -0.1) is 0 Å². The maximum Gasteiger partial charge on any atom is 0.410 e. The second kappa shape index (κ2) is 7.42. The summed E-state index contributed by atoms with van der Waals surface area (Å²) in [5.74, 6) is 0.374. The van der Waals surface area contributed by atoms with Crippen LogP contribution in [0.4, 0.5) is 4.79 Å². The van der Waals surface area contributed by atoms with E-state index in [1.165, 1.54) is 6.20 Å². The molecule has 0 unspecified atom stereocenters. The lowest BCUT2D eigenvalue weighted by molar-refractivity contribution is 0.0572. The van der Waals surface area contributed by atoms with E-state index in [4.69, 9.17) is 16.3 Å². The van der Waals surface area contributed by atoms with Gasteiger partial charge in [-0.2, -0.15) is 0 Å². The van der Waals surface area contributed by atoms with Crippen LogP contribution in [-0.2, 0) is 17.9 Å². The molecule has 0 aliphatic carbocycles. The van der Waals surface area contributed by atoms with Crippen molar-refractivity contribution in [1.82, 2.24) is 14.9 Å². The Labute approximate surface area is 141 Å². The monoisotopic (exact) mass is 333 g/mol. The molecule has 2 rings (SSSR count). The van der Waals surface area contributed by atoms with Crippen molar-refractivity contribution in [2.24, 2.45) is 0 Å². The highest BCUT2D eigenvalue weighted by atomic mass is 35.5. The molecular formula is C17H20ClN3O2. The van der Waals surface area contributed by atoms with Gasteiger partial charge in [0, 0.05) is 18.3 Å². The first-order chi connectivity index (χ1) is 10.9. The van der Waals surface area contributed by atoms with Crippen LogP contribution < -0.4 is 0 Å². The van der Waals surface area contributed by atoms with Gasteiger partial charge in [-0.05, 0) is 32.4 Å². The van der Waals surface area contributed by atoms with Crippen molar-refractivity contribution in [2.75, 3.05) is 0 Å². The van der Waals surface area contributed by atoms with Crippen LogP contribution in [0.1, 0.15) is 32.2 Å². The van der Waals surface area contributed by atoms with E-state index in [9.17, 15) is 4.79 Å². The Morgan fingerprint density at radius 1 is 1.22 bits per heavy atom. The topological polar surface area (TPSA) is 55.3 Å². The number of amides is 1. The highest BCUT2D eigenvalue weighted by Crippen LogP contribution is 2.19. The number of rotatable bonds is 4. The summed E-state index contributed by atoms with van der Waals surface area (Å²) in [7, 11) is 0. The van der Waals surface area contributed by atoms with Gasteiger partial charge < -0.3 is 4.74 Å². The maximum atomic E-state index is 12.5. The van der Waals surface area contributed by atoms with Crippen LogP contribution in [0.5, 0.6) is 0 Å². The third-order valence-electron chi connectivity index (χ3n) is 3.21.